The highest BCUT2D eigenvalue weighted by molar-refractivity contribution is 6.99. The summed E-state index contributed by atoms with van der Waals surface area (Å²) in [6, 6.07) is 0. The minimum atomic E-state index is -1.47. The molecule has 1 aliphatic heterocycles. The molecule has 17 nitrogen and oxygen atoms in total. The van der Waals surface area contributed by atoms with Crippen LogP contribution in [0.3, 0.4) is 0 Å². The smallest absolute Gasteiger partial charge is 0.332 e. The molecule has 7 atom stereocenters. The number of hydrogen-bond acceptors (Lipinski definition) is 17. The minimum absolute atomic E-state index is 0.166. The summed E-state index contributed by atoms with van der Waals surface area (Å²) in [5.74, 6) is -1.89. The third-order valence-corrected chi connectivity index (χ3v) is 12.3. The van der Waals surface area contributed by atoms with E-state index >= 15 is 0 Å². The highest BCUT2D eigenvalue weighted by Crippen LogP contribution is 2.29. The molecule has 2 rings (SSSR count). The van der Waals surface area contributed by atoms with E-state index in [9.17, 15) is 28.8 Å². The Morgan fingerprint density at radius 3 is 1.61 bits per heavy atom. The molecule has 1 amide bonds. The third-order valence-electron chi connectivity index (χ3n) is 11.8. The van der Waals surface area contributed by atoms with E-state index in [1.807, 2.05) is 4.90 Å². The molecule has 6 unspecified atom stereocenters. The van der Waals surface area contributed by atoms with E-state index in [0.29, 0.717) is 45.0 Å². The lowest BCUT2D eigenvalue weighted by atomic mass is 9.92. The van der Waals surface area contributed by atoms with E-state index in [-0.39, 0.29) is 43.4 Å². The number of esters is 1. The van der Waals surface area contributed by atoms with E-state index in [2.05, 4.69) is 8.75 Å². The lowest BCUT2D eigenvalue weighted by Crippen LogP contribution is -2.54. The van der Waals surface area contributed by atoms with Crippen molar-refractivity contribution in [2.45, 2.75) is 176 Å². The van der Waals surface area contributed by atoms with Gasteiger partial charge in [0.25, 0.3) is 5.88 Å². The van der Waals surface area contributed by atoms with Crippen molar-refractivity contribution >= 4 is 52.6 Å². The summed E-state index contributed by atoms with van der Waals surface area (Å²) in [7, 11) is 0. The molecule has 0 saturated carbocycles. The van der Waals surface area contributed by atoms with Gasteiger partial charge in [0.15, 0.2) is 29.2 Å². The number of morpholine rings is 1. The SMILES string of the molecule is CCC(C)(OC(C)C(=O)C(C)(CC)OCC(=O)O[C@H](COc1nsnc1N1CCOCC1)CN(C(=O)COC(C)(CC)C(=O)C(C)OC(C)(CC)C(C)=O)C(C)(C)C)C(C)=O. The first kappa shape index (κ1) is 53.7. The molecule has 0 spiro atoms. The van der Waals surface area contributed by atoms with Crippen LogP contribution < -0.4 is 9.64 Å². The first-order chi connectivity index (χ1) is 28.3. The van der Waals surface area contributed by atoms with Crippen molar-refractivity contribution in [3.63, 3.8) is 0 Å². The molecule has 18 heteroatoms. The van der Waals surface area contributed by atoms with Gasteiger partial charge in [-0.1, -0.05) is 27.7 Å². The number of anilines is 1. The number of ether oxygens (including phenoxy) is 7. The number of hydrogen-bond donors (Lipinski definition) is 0. The van der Waals surface area contributed by atoms with Crippen LogP contribution >= 0.6 is 11.7 Å². The largest absolute Gasteiger partial charge is 0.470 e. The summed E-state index contributed by atoms with van der Waals surface area (Å²) in [5.41, 5.74) is -6.07. The van der Waals surface area contributed by atoms with Gasteiger partial charge in [-0.3, -0.25) is 24.0 Å². The number of ketones is 4. The van der Waals surface area contributed by atoms with E-state index in [1.165, 1.54) is 18.7 Å². The first-order valence-corrected chi connectivity index (χ1v) is 22.0. The standard InChI is InChI=1S/C43H72N4O13S/c1-16-40(12,30(7)48)59-28(5)35(52)42(14,18-3)56-26-33(50)47(39(9,10)11)24-32(25-55-38-37(44-61-45-38)46-20-22-54-23-21-46)58-34(51)27-57-43(15,19-4)36(53)29(6)60-41(13,17-2)31(8)49/h28-29,32H,16-27H2,1-15H3/t28?,29?,32-,40?,41?,42?,43?/m0/s1. The molecule has 348 valence electrons. The Bertz CT molecular complexity index is 1660. The summed E-state index contributed by atoms with van der Waals surface area (Å²) < 4.78 is 50.2. The molecule has 1 saturated heterocycles. The molecule has 1 aliphatic rings. The van der Waals surface area contributed by atoms with Crippen LogP contribution in [-0.2, 0) is 57.2 Å². The topological polar surface area (TPSA) is 199 Å². The maximum absolute atomic E-state index is 14.1. The Labute approximate surface area is 366 Å². The number of Topliss-reactive ketones (excluding diaryl/α,β-unsaturated/α-hetero) is 4. The molecule has 1 aromatic rings. The van der Waals surface area contributed by atoms with Gasteiger partial charge in [-0.2, -0.15) is 4.37 Å². The van der Waals surface area contributed by atoms with Gasteiger partial charge in [0, 0.05) is 18.6 Å². The third kappa shape index (κ3) is 14.6. The molecule has 0 radical (unpaired) electrons. The van der Waals surface area contributed by atoms with E-state index in [4.69, 9.17) is 33.2 Å². The quantitative estimate of drug-likeness (QED) is 0.105. The van der Waals surface area contributed by atoms with Crippen LogP contribution in [0.25, 0.3) is 0 Å². The van der Waals surface area contributed by atoms with Gasteiger partial charge < -0.3 is 43.0 Å². The van der Waals surface area contributed by atoms with Crippen LogP contribution in [0.5, 0.6) is 5.88 Å². The maximum atomic E-state index is 14.1. The minimum Gasteiger partial charge on any atom is -0.470 e. The average molecular weight is 885 g/mol. The van der Waals surface area contributed by atoms with E-state index < -0.39 is 82.9 Å². The molecule has 1 aromatic heterocycles. The zero-order chi connectivity index (χ0) is 46.6. The first-order valence-electron chi connectivity index (χ1n) is 21.3. The predicted octanol–water partition coefficient (Wildman–Crippen LogP) is 5.13. The highest BCUT2D eigenvalue weighted by atomic mass is 32.1. The fourth-order valence-electron chi connectivity index (χ4n) is 6.49. The second-order valence-corrected chi connectivity index (χ2v) is 17.9. The highest BCUT2D eigenvalue weighted by Gasteiger charge is 2.43. The van der Waals surface area contributed by atoms with Gasteiger partial charge >= 0.3 is 5.97 Å². The van der Waals surface area contributed by atoms with E-state index in [1.54, 1.807) is 90.0 Å². The summed E-state index contributed by atoms with van der Waals surface area (Å²) in [6.07, 6.45) is -1.99. The molecule has 0 bridgehead atoms. The average Bonchev–Trinajstić information content (AvgIpc) is 3.70. The molecule has 0 aromatic carbocycles. The number of carbonyl (C=O) groups is 6. The summed E-state index contributed by atoms with van der Waals surface area (Å²) >= 11 is 0.963. The van der Waals surface area contributed by atoms with Crippen molar-refractivity contribution in [1.29, 1.82) is 0 Å². The molecule has 61 heavy (non-hydrogen) atoms. The van der Waals surface area contributed by atoms with Crippen LogP contribution in [0.1, 0.15) is 130 Å². The van der Waals surface area contributed by atoms with Crippen LogP contribution in [0, 0.1) is 0 Å². The second kappa shape index (κ2) is 22.8. The maximum Gasteiger partial charge on any atom is 0.332 e. The molecular formula is C43H72N4O13S. The zero-order valence-electron chi connectivity index (χ0n) is 39.2. The van der Waals surface area contributed by atoms with Crippen LogP contribution in [0.15, 0.2) is 0 Å². The number of carbonyl (C=O) groups excluding carboxylic acids is 6. The van der Waals surface area contributed by atoms with Crippen molar-refractivity contribution < 1.29 is 61.9 Å². The van der Waals surface area contributed by atoms with Gasteiger partial charge in [-0.15, -0.1) is 4.37 Å². The van der Waals surface area contributed by atoms with Gasteiger partial charge in [0.1, 0.15) is 54.4 Å². The second-order valence-electron chi connectivity index (χ2n) is 17.4. The van der Waals surface area contributed by atoms with Crippen molar-refractivity contribution in [3.8, 4) is 5.88 Å². The Morgan fingerprint density at radius 2 is 1.18 bits per heavy atom. The Balaban J connectivity index is 2.35. The van der Waals surface area contributed by atoms with Gasteiger partial charge in [0.05, 0.1) is 31.5 Å². The molecule has 2 heterocycles. The number of rotatable bonds is 27. The fourth-order valence-corrected chi connectivity index (χ4v) is 7.01. The predicted molar refractivity (Wildman–Crippen MR) is 229 cm³/mol. The van der Waals surface area contributed by atoms with Crippen LogP contribution in [-0.4, -0.2) is 148 Å². The van der Waals surface area contributed by atoms with Gasteiger partial charge in [-0.05, 0) is 102 Å². The Hall–Kier alpha value is -3.42. The molecule has 0 N–H and O–H groups in total. The Kier molecular flexibility index (Phi) is 20.1. The molecule has 0 aliphatic carbocycles. The number of nitrogens with zero attached hydrogens (tertiary/aromatic N) is 4. The Morgan fingerprint density at radius 1 is 0.721 bits per heavy atom. The van der Waals surface area contributed by atoms with Crippen LogP contribution in [0.4, 0.5) is 5.82 Å². The monoisotopic (exact) mass is 884 g/mol. The fraction of sp³-hybridized carbons (Fsp3) is 0.814. The van der Waals surface area contributed by atoms with Crippen molar-refractivity contribution in [2.75, 3.05) is 57.6 Å². The normalized spacial score (nSPS) is 18.9. The summed E-state index contributed by atoms with van der Waals surface area (Å²) in [6.45, 7) is 25.5. The van der Waals surface area contributed by atoms with E-state index in [0.717, 1.165) is 11.7 Å². The van der Waals surface area contributed by atoms with Crippen molar-refractivity contribution in [3.05, 3.63) is 0 Å². The van der Waals surface area contributed by atoms with Crippen molar-refractivity contribution in [1.82, 2.24) is 13.6 Å². The zero-order valence-corrected chi connectivity index (χ0v) is 40.0. The molecular weight excluding hydrogens is 813 g/mol. The van der Waals surface area contributed by atoms with Crippen molar-refractivity contribution in [2.24, 2.45) is 0 Å². The lowest BCUT2D eigenvalue weighted by molar-refractivity contribution is -0.178. The summed E-state index contributed by atoms with van der Waals surface area (Å²) in [5, 5.41) is 0. The lowest BCUT2D eigenvalue weighted by Gasteiger charge is -2.39. The van der Waals surface area contributed by atoms with Gasteiger partial charge in [0.2, 0.25) is 11.7 Å². The van der Waals surface area contributed by atoms with Crippen LogP contribution in [0.2, 0.25) is 0 Å². The summed E-state index contributed by atoms with van der Waals surface area (Å²) in [4.78, 5) is 83.2. The number of aromatic nitrogens is 2. The number of amides is 1. The molecule has 1 fully saturated rings. The van der Waals surface area contributed by atoms with Gasteiger partial charge in [-0.25, -0.2) is 4.79 Å².